The van der Waals surface area contributed by atoms with Crippen LogP contribution < -0.4 is 0 Å². The summed E-state index contributed by atoms with van der Waals surface area (Å²) in [5.74, 6) is 0. The highest BCUT2D eigenvalue weighted by atomic mass is 32.1. The molecule has 4 rings (SSSR count). The molecule has 5 nitrogen and oxygen atoms in total. The predicted molar refractivity (Wildman–Crippen MR) is 98.5 cm³/mol. The van der Waals surface area contributed by atoms with Crippen LogP contribution in [0, 0.1) is 0 Å². The monoisotopic (exact) mass is 359 g/mol. The molecule has 1 N–H and O–H groups in total. The Balaban J connectivity index is 1.58. The average Bonchev–Trinajstić information content (AvgIpc) is 3.18. The number of likely N-dealkylation sites (tertiary alicyclic amines) is 1. The topological polar surface area (TPSA) is 48.8 Å². The van der Waals surface area contributed by atoms with Gasteiger partial charge < -0.3 is 9.84 Å². The second-order valence-electron chi connectivity index (χ2n) is 6.97. The van der Waals surface area contributed by atoms with E-state index in [1.54, 1.807) is 0 Å². The number of aliphatic hydroxyl groups is 1. The first kappa shape index (κ1) is 17.1. The van der Waals surface area contributed by atoms with Crippen LogP contribution in [0.15, 0.2) is 41.9 Å². The number of aromatic nitrogens is 1. The first-order chi connectivity index (χ1) is 12.3. The highest BCUT2D eigenvalue weighted by Crippen LogP contribution is 2.36. The van der Waals surface area contributed by atoms with E-state index in [1.807, 2.05) is 24.4 Å². The summed E-state index contributed by atoms with van der Waals surface area (Å²) in [5, 5.41) is 13.8. The zero-order chi connectivity index (χ0) is 17.1. The van der Waals surface area contributed by atoms with Crippen LogP contribution in [0.25, 0.3) is 0 Å². The minimum Gasteiger partial charge on any atom is -0.383 e. The van der Waals surface area contributed by atoms with E-state index in [0.29, 0.717) is 0 Å². The van der Waals surface area contributed by atoms with Crippen molar-refractivity contribution in [3.05, 3.63) is 53.0 Å². The third kappa shape index (κ3) is 3.64. The molecule has 0 bridgehead atoms. The number of morpholine rings is 1. The zero-order valence-electron chi connectivity index (χ0n) is 14.4. The van der Waals surface area contributed by atoms with Gasteiger partial charge >= 0.3 is 0 Å². The first-order valence-corrected chi connectivity index (χ1v) is 9.80. The maximum absolute atomic E-state index is 11.7. The summed E-state index contributed by atoms with van der Waals surface area (Å²) < 4.78 is 9.74. The molecule has 1 aromatic heterocycles. The second-order valence-corrected chi connectivity index (χ2v) is 7.63. The van der Waals surface area contributed by atoms with Crippen molar-refractivity contribution in [2.24, 2.45) is 0 Å². The highest BCUT2D eigenvalue weighted by molar-refractivity contribution is 7.03. The molecule has 3 heterocycles. The molecule has 134 valence electrons. The van der Waals surface area contributed by atoms with Gasteiger partial charge in [0.05, 0.1) is 19.3 Å². The molecular weight excluding hydrogens is 334 g/mol. The molecule has 0 aliphatic carbocycles. The van der Waals surface area contributed by atoms with Gasteiger partial charge in [-0.1, -0.05) is 30.3 Å². The number of ether oxygens (including phenoxy) is 1. The van der Waals surface area contributed by atoms with Crippen LogP contribution in [0.1, 0.15) is 17.5 Å². The third-order valence-electron chi connectivity index (χ3n) is 5.44. The largest absolute Gasteiger partial charge is 0.383 e. The number of nitrogens with zero attached hydrogens (tertiary/aromatic N) is 3. The lowest BCUT2D eigenvalue weighted by atomic mass is 9.79. The number of hydrogen-bond acceptors (Lipinski definition) is 6. The van der Waals surface area contributed by atoms with Crippen LogP contribution >= 0.6 is 11.5 Å². The molecule has 1 aromatic carbocycles. The molecule has 25 heavy (non-hydrogen) atoms. The van der Waals surface area contributed by atoms with Gasteiger partial charge in [-0.25, -0.2) is 4.37 Å². The normalized spacial score (nSPS) is 28.9. The van der Waals surface area contributed by atoms with Crippen LogP contribution in [-0.2, 0) is 16.9 Å². The van der Waals surface area contributed by atoms with Gasteiger partial charge in [-0.3, -0.25) is 9.80 Å². The van der Waals surface area contributed by atoms with Gasteiger partial charge in [0.15, 0.2) is 0 Å². The van der Waals surface area contributed by atoms with E-state index in [9.17, 15) is 5.11 Å². The van der Waals surface area contributed by atoms with E-state index < -0.39 is 5.60 Å². The second kappa shape index (κ2) is 7.51. The number of piperidine rings is 1. The van der Waals surface area contributed by atoms with Crippen molar-refractivity contribution < 1.29 is 9.84 Å². The summed E-state index contributed by atoms with van der Waals surface area (Å²) in [6.07, 6.45) is 2.70. The van der Waals surface area contributed by atoms with Crippen LogP contribution in [0.2, 0.25) is 0 Å². The molecule has 0 amide bonds. The average molecular weight is 359 g/mol. The Morgan fingerprint density at radius 2 is 2.00 bits per heavy atom. The lowest BCUT2D eigenvalue weighted by Gasteiger charge is -2.50. The summed E-state index contributed by atoms with van der Waals surface area (Å²) >= 11 is 1.50. The van der Waals surface area contributed by atoms with Gasteiger partial charge in [0.25, 0.3) is 0 Å². The van der Waals surface area contributed by atoms with Gasteiger partial charge in [-0.2, -0.15) is 0 Å². The van der Waals surface area contributed by atoms with Gasteiger partial charge in [0.2, 0.25) is 0 Å². The van der Waals surface area contributed by atoms with E-state index >= 15 is 0 Å². The zero-order valence-corrected chi connectivity index (χ0v) is 15.2. The first-order valence-electron chi connectivity index (χ1n) is 8.96. The fourth-order valence-corrected chi connectivity index (χ4v) is 4.59. The summed E-state index contributed by atoms with van der Waals surface area (Å²) in [4.78, 5) is 4.86. The Kier molecular flexibility index (Phi) is 5.15. The molecule has 0 saturated carbocycles. The minimum absolute atomic E-state index is 0.0825. The quantitative estimate of drug-likeness (QED) is 0.904. The van der Waals surface area contributed by atoms with Crippen LogP contribution in [-0.4, -0.2) is 64.7 Å². The van der Waals surface area contributed by atoms with E-state index in [1.165, 1.54) is 17.1 Å². The van der Waals surface area contributed by atoms with Gasteiger partial charge in [0, 0.05) is 44.3 Å². The number of benzene rings is 1. The molecule has 2 fully saturated rings. The van der Waals surface area contributed by atoms with Crippen molar-refractivity contribution in [3.63, 3.8) is 0 Å². The lowest BCUT2D eigenvalue weighted by Crippen LogP contribution is -2.62. The number of rotatable bonds is 4. The predicted octanol–water partition coefficient (Wildman–Crippen LogP) is 1.94. The summed E-state index contributed by atoms with van der Waals surface area (Å²) in [7, 11) is 0. The Labute approximate surface area is 153 Å². The Bertz CT molecular complexity index is 661. The molecular formula is C19H25N3O2S. The van der Waals surface area contributed by atoms with Gasteiger partial charge in [-0.05, 0) is 29.1 Å². The molecule has 2 aliphatic heterocycles. The molecule has 0 unspecified atom stereocenters. The fourth-order valence-electron chi connectivity index (χ4n) is 4.06. The van der Waals surface area contributed by atoms with Crippen molar-refractivity contribution in [3.8, 4) is 0 Å². The summed E-state index contributed by atoms with van der Waals surface area (Å²) in [6.45, 7) is 5.92. The third-order valence-corrected chi connectivity index (χ3v) is 6.08. The molecule has 2 aliphatic rings. The van der Waals surface area contributed by atoms with Crippen LogP contribution in [0.4, 0.5) is 0 Å². The van der Waals surface area contributed by atoms with Crippen molar-refractivity contribution in [2.45, 2.75) is 24.6 Å². The standard InChI is InChI=1S/C19H25N3O2S/c23-19(17-4-2-1-3-5-17)6-7-21(13-16-12-20-25-15-16)14-18(19)22-8-10-24-11-9-22/h1-5,12,15,18,23H,6-11,13-14H2/t18-,19+/m1/s1. The Hall–Kier alpha value is -1.31. The van der Waals surface area contributed by atoms with Crippen molar-refractivity contribution >= 4 is 11.5 Å². The summed E-state index contributed by atoms with van der Waals surface area (Å²) in [6, 6.07) is 10.3. The van der Waals surface area contributed by atoms with Crippen molar-refractivity contribution in [1.29, 1.82) is 0 Å². The van der Waals surface area contributed by atoms with Crippen LogP contribution in [0.5, 0.6) is 0 Å². The van der Waals surface area contributed by atoms with Crippen molar-refractivity contribution in [2.75, 3.05) is 39.4 Å². The maximum atomic E-state index is 11.7. The molecule has 2 atom stereocenters. The van der Waals surface area contributed by atoms with Crippen LogP contribution in [0.3, 0.4) is 0 Å². The molecule has 2 aromatic rings. The Morgan fingerprint density at radius 1 is 1.20 bits per heavy atom. The SMILES string of the molecule is O[C@]1(c2ccccc2)CCN(Cc2cnsc2)C[C@H]1N1CCOCC1. The summed E-state index contributed by atoms with van der Waals surface area (Å²) in [5.41, 5.74) is 1.49. The molecule has 2 saturated heterocycles. The number of hydrogen-bond donors (Lipinski definition) is 1. The fraction of sp³-hybridized carbons (Fsp3) is 0.526. The lowest BCUT2D eigenvalue weighted by molar-refractivity contribution is -0.119. The molecule has 6 heteroatoms. The van der Waals surface area contributed by atoms with Gasteiger partial charge in [-0.15, -0.1) is 0 Å². The minimum atomic E-state index is -0.804. The van der Waals surface area contributed by atoms with Crippen molar-refractivity contribution in [1.82, 2.24) is 14.2 Å². The Morgan fingerprint density at radius 3 is 2.72 bits per heavy atom. The van der Waals surface area contributed by atoms with E-state index in [-0.39, 0.29) is 6.04 Å². The molecule has 0 radical (unpaired) electrons. The highest BCUT2D eigenvalue weighted by Gasteiger charge is 2.45. The van der Waals surface area contributed by atoms with Gasteiger partial charge in [0.1, 0.15) is 5.60 Å². The van der Waals surface area contributed by atoms with E-state index in [0.717, 1.165) is 57.9 Å². The van der Waals surface area contributed by atoms with E-state index in [4.69, 9.17) is 4.74 Å². The maximum Gasteiger partial charge on any atom is 0.108 e. The molecule has 0 spiro atoms. The van der Waals surface area contributed by atoms with E-state index in [2.05, 4.69) is 31.7 Å². The smallest absolute Gasteiger partial charge is 0.108 e.